The highest BCUT2D eigenvalue weighted by Gasteiger charge is 2.48. The standard InChI is InChI=1S/C27H37NO5/c1-3-4-8-18(2)22(30)14-13-20-23(31)17-24-26(20)21-11-5-9-19(27(21)33-24)10-6-12-25(32)28-15-7-16-29/h5,9,11,13-14,18,20,22-24,26,29-31H,6-8,10,12,15-17H2,1-2H3,(H,28,32)/b14-13+/t18-,20+,22-,23-,24+,26+/m1/s1. The molecule has 0 saturated heterocycles. The van der Waals surface area contributed by atoms with Crippen molar-refractivity contribution in [3.8, 4) is 17.6 Å². The van der Waals surface area contributed by atoms with Gasteiger partial charge in [0.25, 0.3) is 0 Å². The number of fused-ring (bicyclic) bond motifs is 3. The van der Waals surface area contributed by atoms with Crippen LogP contribution >= 0.6 is 0 Å². The smallest absolute Gasteiger partial charge is 0.220 e. The van der Waals surface area contributed by atoms with E-state index in [-0.39, 0.29) is 36.4 Å². The first-order valence-electron chi connectivity index (χ1n) is 12.1. The second-order valence-corrected chi connectivity index (χ2v) is 9.16. The first kappa shape index (κ1) is 25.3. The number of aryl methyl sites for hydroxylation is 1. The molecule has 0 bridgehead atoms. The monoisotopic (exact) mass is 455 g/mol. The fourth-order valence-electron chi connectivity index (χ4n) is 4.82. The maximum Gasteiger partial charge on any atom is 0.220 e. The Balaban J connectivity index is 1.64. The molecular formula is C27H37NO5. The molecule has 3 rings (SSSR count). The Morgan fingerprint density at radius 3 is 2.94 bits per heavy atom. The Bertz CT molecular complexity index is 886. The van der Waals surface area contributed by atoms with Gasteiger partial charge in [-0.2, -0.15) is 0 Å². The summed E-state index contributed by atoms with van der Waals surface area (Å²) in [6.07, 6.45) is 6.24. The van der Waals surface area contributed by atoms with Gasteiger partial charge < -0.3 is 25.4 Å². The van der Waals surface area contributed by atoms with Gasteiger partial charge in [0, 0.05) is 49.8 Å². The maximum atomic E-state index is 11.9. The minimum absolute atomic E-state index is 0.000146. The number of rotatable bonds is 11. The van der Waals surface area contributed by atoms with Crippen molar-refractivity contribution >= 4 is 5.91 Å². The number of ether oxygens (including phenoxy) is 1. The van der Waals surface area contributed by atoms with Gasteiger partial charge in [-0.3, -0.25) is 4.79 Å². The molecule has 2 aliphatic rings. The topological polar surface area (TPSA) is 99.0 Å². The van der Waals surface area contributed by atoms with E-state index in [2.05, 4.69) is 23.2 Å². The molecule has 1 fully saturated rings. The molecule has 6 atom stereocenters. The molecule has 4 N–H and O–H groups in total. The van der Waals surface area contributed by atoms with Crippen molar-refractivity contribution in [2.75, 3.05) is 13.2 Å². The van der Waals surface area contributed by atoms with E-state index >= 15 is 0 Å². The predicted molar refractivity (Wildman–Crippen MR) is 128 cm³/mol. The van der Waals surface area contributed by atoms with Gasteiger partial charge in [-0.1, -0.05) is 37.3 Å². The highest BCUT2D eigenvalue weighted by Crippen LogP contribution is 2.52. The summed E-state index contributed by atoms with van der Waals surface area (Å²) in [4.78, 5) is 11.9. The molecule has 180 valence electrons. The summed E-state index contributed by atoms with van der Waals surface area (Å²) in [6, 6.07) is 6.14. The Morgan fingerprint density at radius 1 is 1.36 bits per heavy atom. The van der Waals surface area contributed by atoms with Crippen LogP contribution in [0.3, 0.4) is 0 Å². The van der Waals surface area contributed by atoms with Crippen LogP contribution in [-0.2, 0) is 11.2 Å². The molecular weight excluding hydrogens is 418 g/mol. The van der Waals surface area contributed by atoms with E-state index in [0.717, 1.165) is 29.7 Å². The summed E-state index contributed by atoms with van der Waals surface area (Å²) in [5.74, 6) is 6.75. The summed E-state index contributed by atoms with van der Waals surface area (Å²) >= 11 is 0. The van der Waals surface area contributed by atoms with Gasteiger partial charge in [0.2, 0.25) is 5.91 Å². The number of hydrogen-bond acceptors (Lipinski definition) is 5. The van der Waals surface area contributed by atoms with Crippen LogP contribution in [0.5, 0.6) is 5.75 Å². The Labute approximate surface area is 197 Å². The number of carbonyl (C=O) groups is 1. The Kier molecular flexibility index (Phi) is 9.37. The summed E-state index contributed by atoms with van der Waals surface area (Å²) in [6.45, 7) is 4.34. The molecule has 33 heavy (non-hydrogen) atoms. The van der Waals surface area contributed by atoms with Gasteiger partial charge in [0.1, 0.15) is 11.9 Å². The van der Waals surface area contributed by atoms with E-state index in [1.54, 1.807) is 13.0 Å². The number of aliphatic hydroxyl groups is 3. The third kappa shape index (κ3) is 6.38. The van der Waals surface area contributed by atoms with Crippen molar-refractivity contribution < 1.29 is 24.9 Å². The van der Waals surface area contributed by atoms with Crippen LogP contribution in [-0.4, -0.2) is 52.7 Å². The molecule has 0 aromatic heterocycles. The second kappa shape index (κ2) is 12.2. The molecule has 0 spiro atoms. The average molecular weight is 456 g/mol. The van der Waals surface area contributed by atoms with Crippen molar-refractivity contribution in [2.24, 2.45) is 11.8 Å². The number of carbonyl (C=O) groups excluding carboxylic acids is 1. The SMILES string of the molecule is CC#CC[C@@H](C)[C@H](O)/C=C/[C@@H]1[C@H]2c3cccc(CCCC(=O)NCCCO)c3O[C@H]2C[C@H]1O. The fourth-order valence-corrected chi connectivity index (χ4v) is 4.82. The average Bonchev–Trinajstić information content (AvgIpc) is 3.31. The van der Waals surface area contributed by atoms with Gasteiger partial charge in [0.05, 0.1) is 12.2 Å². The summed E-state index contributed by atoms with van der Waals surface area (Å²) in [7, 11) is 0. The molecule has 6 heteroatoms. The van der Waals surface area contributed by atoms with Crippen LogP contribution in [0, 0.1) is 23.7 Å². The zero-order valence-electron chi connectivity index (χ0n) is 19.7. The minimum Gasteiger partial charge on any atom is -0.489 e. The van der Waals surface area contributed by atoms with Crippen molar-refractivity contribution in [1.82, 2.24) is 5.32 Å². The summed E-state index contributed by atoms with van der Waals surface area (Å²) in [5, 5.41) is 32.8. The third-order valence-electron chi connectivity index (χ3n) is 6.71. The first-order valence-corrected chi connectivity index (χ1v) is 12.1. The van der Waals surface area contributed by atoms with E-state index < -0.39 is 12.2 Å². The van der Waals surface area contributed by atoms with Crippen LogP contribution in [0.25, 0.3) is 0 Å². The van der Waals surface area contributed by atoms with Crippen molar-refractivity contribution in [3.05, 3.63) is 41.5 Å². The van der Waals surface area contributed by atoms with Gasteiger partial charge in [0.15, 0.2) is 0 Å². The van der Waals surface area contributed by atoms with Crippen molar-refractivity contribution in [1.29, 1.82) is 0 Å². The normalized spacial score (nSPS) is 25.0. The van der Waals surface area contributed by atoms with E-state index in [9.17, 15) is 15.0 Å². The largest absolute Gasteiger partial charge is 0.489 e. The van der Waals surface area contributed by atoms with Crippen molar-refractivity contribution in [3.63, 3.8) is 0 Å². The summed E-state index contributed by atoms with van der Waals surface area (Å²) < 4.78 is 6.30. The lowest BCUT2D eigenvalue weighted by Gasteiger charge is -2.19. The zero-order chi connectivity index (χ0) is 23.8. The van der Waals surface area contributed by atoms with Crippen LogP contribution in [0.1, 0.15) is 63.0 Å². The van der Waals surface area contributed by atoms with Crippen molar-refractivity contribution in [2.45, 2.75) is 76.6 Å². The first-order chi connectivity index (χ1) is 16.0. The lowest BCUT2D eigenvalue weighted by Crippen LogP contribution is -2.24. The van der Waals surface area contributed by atoms with Gasteiger partial charge in [-0.05, 0) is 37.7 Å². The number of nitrogens with one attached hydrogen (secondary N) is 1. The fraction of sp³-hybridized carbons (Fsp3) is 0.593. The Morgan fingerprint density at radius 2 is 2.18 bits per heavy atom. The highest BCUT2D eigenvalue weighted by atomic mass is 16.5. The van der Waals surface area contributed by atoms with Gasteiger partial charge in [-0.25, -0.2) is 0 Å². The number of aliphatic hydroxyl groups excluding tert-OH is 3. The molecule has 0 unspecified atom stereocenters. The number of para-hydroxylation sites is 1. The molecule has 1 aromatic carbocycles. The molecule has 1 aliphatic heterocycles. The molecule has 1 aliphatic carbocycles. The van der Waals surface area contributed by atoms with Crippen LogP contribution < -0.4 is 10.1 Å². The van der Waals surface area contributed by atoms with E-state index in [1.165, 1.54) is 0 Å². The quantitative estimate of drug-likeness (QED) is 0.234. The van der Waals surface area contributed by atoms with Crippen LogP contribution in [0.15, 0.2) is 30.4 Å². The highest BCUT2D eigenvalue weighted by molar-refractivity contribution is 5.75. The lowest BCUT2D eigenvalue weighted by atomic mass is 9.86. The molecule has 1 amide bonds. The van der Waals surface area contributed by atoms with Crippen LogP contribution in [0.4, 0.5) is 0 Å². The molecule has 1 saturated carbocycles. The second-order valence-electron chi connectivity index (χ2n) is 9.16. The van der Waals surface area contributed by atoms with E-state index in [4.69, 9.17) is 9.84 Å². The minimum atomic E-state index is -0.603. The summed E-state index contributed by atoms with van der Waals surface area (Å²) in [5.41, 5.74) is 2.20. The molecule has 6 nitrogen and oxygen atoms in total. The molecule has 1 aromatic rings. The predicted octanol–water partition coefficient (Wildman–Crippen LogP) is 2.70. The van der Waals surface area contributed by atoms with Gasteiger partial charge in [-0.15, -0.1) is 11.8 Å². The number of benzene rings is 1. The third-order valence-corrected chi connectivity index (χ3v) is 6.71. The molecule has 0 radical (unpaired) electrons. The number of hydrogen-bond donors (Lipinski definition) is 4. The lowest BCUT2D eigenvalue weighted by molar-refractivity contribution is -0.121. The number of amides is 1. The van der Waals surface area contributed by atoms with Crippen LogP contribution in [0.2, 0.25) is 0 Å². The molecule has 1 heterocycles. The maximum absolute atomic E-state index is 11.9. The van der Waals surface area contributed by atoms with Gasteiger partial charge >= 0.3 is 0 Å². The zero-order valence-corrected chi connectivity index (χ0v) is 19.7. The van der Waals surface area contributed by atoms with E-state index in [1.807, 2.05) is 25.1 Å². The van der Waals surface area contributed by atoms with E-state index in [0.29, 0.717) is 32.2 Å². The Hall–Kier alpha value is -2.33.